The molecule has 0 bridgehead atoms. The highest BCUT2D eigenvalue weighted by molar-refractivity contribution is 7.90. The Morgan fingerprint density at radius 2 is 1.63 bits per heavy atom. The molecule has 6 rings (SSSR count). The minimum Gasteiger partial charge on any atom is -0.482 e. The first kappa shape index (κ1) is 34.8. The number of amides is 2. The van der Waals surface area contributed by atoms with E-state index in [1.807, 2.05) is 55.5 Å². The number of rotatable bonds is 12. The number of aryl methyl sites for hydroxylation is 1. The highest BCUT2D eigenvalue weighted by Crippen LogP contribution is 2.44. The van der Waals surface area contributed by atoms with Gasteiger partial charge < -0.3 is 24.8 Å². The molecule has 0 spiro atoms. The van der Waals surface area contributed by atoms with Gasteiger partial charge in [0.05, 0.1) is 10.4 Å². The van der Waals surface area contributed by atoms with Gasteiger partial charge in [0.2, 0.25) is 5.91 Å². The lowest BCUT2D eigenvalue weighted by atomic mass is 9.98. The third kappa shape index (κ3) is 7.15. The summed E-state index contributed by atoms with van der Waals surface area (Å²) in [6.45, 7) is 1.22. The van der Waals surface area contributed by atoms with Gasteiger partial charge in [-0.05, 0) is 65.1 Å². The Bertz CT molecular complexity index is 2240. The quantitative estimate of drug-likeness (QED) is 0.161. The van der Waals surface area contributed by atoms with Gasteiger partial charge in [0.25, 0.3) is 10.0 Å². The molecule has 1 aliphatic carbocycles. The maximum absolute atomic E-state index is 13.8. The van der Waals surface area contributed by atoms with E-state index in [4.69, 9.17) is 21.0 Å². The molecule has 4 aromatic carbocycles. The standard InChI is InChI=1S/C39H35N3O8S/c1-4-9-35(40-39(46)50-23-34-31-12-7-5-10-29(31)30-11-6-8-13-32(30)34)38(45)41(3)21-26-22-42(51(47,48)28-17-14-25(2)15-18-28)36-19-16-27(20-33(26)36)49-24-37(43)44/h1,5-8,10-20,22,34-35H,9,21,23-24H2,2-3H3,(H,40,46)(H,43,44). The first-order chi connectivity index (χ1) is 24.5. The molecule has 0 fully saturated rings. The van der Waals surface area contributed by atoms with Gasteiger partial charge in [-0.3, -0.25) is 4.79 Å². The number of carbonyl (C=O) groups excluding carboxylic acids is 2. The zero-order valence-corrected chi connectivity index (χ0v) is 28.7. The molecular weight excluding hydrogens is 671 g/mol. The van der Waals surface area contributed by atoms with Crippen LogP contribution in [0.25, 0.3) is 22.0 Å². The topological polar surface area (TPSA) is 144 Å². The molecule has 1 aromatic heterocycles. The zero-order chi connectivity index (χ0) is 36.3. The monoisotopic (exact) mass is 705 g/mol. The number of likely N-dealkylation sites (N-methyl/N-ethyl adjacent to an activating group) is 1. The van der Waals surface area contributed by atoms with Crippen LogP contribution < -0.4 is 10.1 Å². The summed E-state index contributed by atoms with van der Waals surface area (Å²) in [4.78, 5) is 39.4. The Kier molecular flexibility index (Phi) is 9.84. The van der Waals surface area contributed by atoms with Crippen molar-refractivity contribution >= 4 is 38.9 Å². The third-order valence-corrected chi connectivity index (χ3v) is 10.5. The second-order valence-corrected chi connectivity index (χ2v) is 14.1. The molecule has 12 heteroatoms. The molecule has 2 N–H and O–H groups in total. The van der Waals surface area contributed by atoms with E-state index in [-0.39, 0.29) is 36.1 Å². The number of ether oxygens (including phenoxy) is 2. The minimum atomic E-state index is -4.07. The SMILES string of the molecule is C#CCC(NC(=O)OCC1c2ccccc2-c2ccccc21)C(=O)N(C)Cc1cn(S(=O)(=O)c2ccc(C)cc2)c2ccc(OCC(=O)O)cc12. The van der Waals surface area contributed by atoms with Crippen LogP contribution in [0.4, 0.5) is 4.79 Å². The molecule has 0 radical (unpaired) electrons. The fraction of sp³-hybridized carbons (Fsp3) is 0.205. The van der Waals surface area contributed by atoms with E-state index in [1.165, 1.54) is 48.5 Å². The number of hydrogen-bond acceptors (Lipinski definition) is 7. The van der Waals surface area contributed by atoms with Gasteiger partial charge in [0, 0.05) is 37.5 Å². The van der Waals surface area contributed by atoms with Crippen molar-refractivity contribution in [2.75, 3.05) is 20.3 Å². The summed E-state index contributed by atoms with van der Waals surface area (Å²) in [5.74, 6) is 0.760. The predicted molar refractivity (Wildman–Crippen MR) is 191 cm³/mol. The van der Waals surface area contributed by atoms with Crippen molar-refractivity contribution in [1.29, 1.82) is 0 Å². The second-order valence-electron chi connectivity index (χ2n) is 12.3. The van der Waals surface area contributed by atoms with E-state index < -0.39 is 40.6 Å². The lowest BCUT2D eigenvalue weighted by Gasteiger charge is -2.23. The Hall–Kier alpha value is -6.06. The minimum absolute atomic E-state index is 0.0495. The first-order valence-electron chi connectivity index (χ1n) is 16.1. The van der Waals surface area contributed by atoms with Gasteiger partial charge in [0.15, 0.2) is 6.61 Å². The van der Waals surface area contributed by atoms with E-state index in [9.17, 15) is 22.8 Å². The van der Waals surface area contributed by atoms with Crippen LogP contribution in [0.2, 0.25) is 0 Å². The maximum atomic E-state index is 13.8. The van der Waals surface area contributed by atoms with Gasteiger partial charge in [-0.1, -0.05) is 66.2 Å². The largest absolute Gasteiger partial charge is 0.482 e. The molecule has 0 aliphatic heterocycles. The molecule has 260 valence electrons. The fourth-order valence-corrected chi connectivity index (χ4v) is 7.72. The lowest BCUT2D eigenvalue weighted by Crippen LogP contribution is -2.47. The molecule has 0 saturated carbocycles. The highest BCUT2D eigenvalue weighted by atomic mass is 32.2. The molecule has 0 saturated heterocycles. The number of nitrogens with zero attached hydrogens (tertiary/aromatic N) is 2. The molecule has 11 nitrogen and oxygen atoms in total. The van der Waals surface area contributed by atoms with E-state index in [0.717, 1.165) is 31.8 Å². The van der Waals surface area contributed by atoms with Crippen molar-refractivity contribution in [2.45, 2.75) is 36.7 Å². The number of nitrogens with one attached hydrogen (secondary N) is 1. The predicted octanol–water partition coefficient (Wildman–Crippen LogP) is 5.54. The van der Waals surface area contributed by atoms with Crippen LogP contribution in [0.3, 0.4) is 0 Å². The third-order valence-electron chi connectivity index (χ3n) is 8.80. The van der Waals surface area contributed by atoms with Crippen molar-refractivity contribution in [3.05, 3.63) is 119 Å². The maximum Gasteiger partial charge on any atom is 0.407 e. The summed E-state index contributed by atoms with van der Waals surface area (Å²) in [6, 6.07) is 25.7. The number of benzene rings is 4. The van der Waals surface area contributed by atoms with Gasteiger partial charge in [0.1, 0.15) is 18.4 Å². The number of carboxylic acids is 1. The number of aromatic nitrogens is 1. The van der Waals surface area contributed by atoms with Crippen LogP contribution in [0.5, 0.6) is 5.75 Å². The summed E-state index contributed by atoms with van der Waals surface area (Å²) < 4.78 is 39.7. The van der Waals surface area contributed by atoms with Crippen LogP contribution in [0, 0.1) is 19.3 Å². The van der Waals surface area contributed by atoms with Gasteiger partial charge >= 0.3 is 12.1 Å². The number of carbonyl (C=O) groups is 3. The van der Waals surface area contributed by atoms with Gasteiger partial charge in [-0.15, -0.1) is 12.3 Å². The average Bonchev–Trinajstić information content (AvgIpc) is 3.65. The summed E-state index contributed by atoms with van der Waals surface area (Å²) >= 11 is 0. The van der Waals surface area contributed by atoms with Crippen LogP contribution in [0.15, 0.2) is 102 Å². The second kappa shape index (κ2) is 14.4. The van der Waals surface area contributed by atoms with Gasteiger partial charge in [-0.2, -0.15) is 0 Å². The number of hydrogen-bond donors (Lipinski definition) is 2. The van der Waals surface area contributed by atoms with Crippen molar-refractivity contribution in [2.24, 2.45) is 0 Å². The van der Waals surface area contributed by atoms with E-state index in [1.54, 1.807) is 12.1 Å². The van der Waals surface area contributed by atoms with E-state index >= 15 is 0 Å². The van der Waals surface area contributed by atoms with Crippen LogP contribution in [-0.2, 0) is 30.9 Å². The smallest absolute Gasteiger partial charge is 0.407 e. The van der Waals surface area contributed by atoms with E-state index in [2.05, 4.69) is 11.2 Å². The molecule has 1 aliphatic rings. The summed E-state index contributed by atoms with van der Waals surface area (Å²) in [6.07, 6.45) is 6.08. The normalized spacial score (nSPS) is 12.7. The van der Waals surface area contributed by atoms with Crippen molar-refractivity contribution in [3.8, 4) is 29.2 Å². The Morgan fingerprint density at radius 1 is 0.980 bits per heavy atom. The molecule has 1 heterocycles. The van der Waals surface area contributed by atoms with Crippen LogP contribution >= 0.6 is 0 Å². The number of fused-ring (bicyclic) bond motifs is 4. The Morgan fingerprint density at radius 3 is 2.25 bits per heavy atom. The highest BCUT2D eigenvalue weighted by Gasteiger charge is 2.31. The molecular formula is C39H35N3O8S. The Balaban J connectivity index is 1.21. The summed E-state index contributed by atoms with van der Waals surface area (Å²) in [5, 5.41) is 12.1. The lowest BCUT2D eigenvalue weighted by molar-refractivity contribution is -0.139. The summed E-state index contributed by atoms with van der Waals surface area (Å²) in [7, 11) is -2.56. The molecule has 1 unspecified atom stereocenters. The van der Waals surface area contributed by atoms with Gasteiger partial charge in [-0.25, -0.2) is 22.0 Å². The van der Waals surface area contributed by atoms with Crippen molar-refractivity contribution in [3.63, 3.8) is 0 Å². The number of alkyl carbamates (subject to hydrolysis) is 1. The first-order valence-corrected chi connectivity index (χ1v) is 17.5. The molecule has 51 heavy (non-hydrogen) atoms. The number of aliphatic carboxylic acids is 1. The van der Waals surface area contributed by atoms with Crippen molar-refractivity contribution in [1.82, 2.24) is 14.2 Å². The fourth-order valence-electron chi connectivity index (χ4n) is 6.33. The van der Waals surface area contributed by atoms with Crippen LogP contribution in [-0.4, -0.2) is 66.7 Å². The summed E-state index contributed by atoms with van der Waals surface area (Å²) in [5.41, 5.74) is 5.87. The average molecular weight is 706 g/mol. The number of terminal acetylenes is 1. The van der Waals surface area contributed by atoms with Crippen molar-refractivity contribution < 1.29 is 37.4 Å². The van der Waals surface area contributed by atoms with E-state index in [0.29, 0.717) is 16.5 Å². The molecule has 2 amide bonds. The molecule has 5 aromatic rings. The molecule has 1 atom stereocenters. The number of carboxylic acid groups (broad SMARTS) is 1. The van der Waals surface area contributed by atoms with Crippen LogP contribution in [0.1, 0.15) is 34.6 Å². The zero-order valence-electron chi connectivity index (χ0n) is 27.9. The Labute approximate surface area is 295 Å².